The summed E-state index contributed by atoms with van der Waals surface area (Å²) in [6.45, 7) is 5.99. The van der Waals surface area contributed by atoms with Crippen LogP contribution in [0, 0.1) is 6.92 Å². The molecule has 202 valence electrons. The molecule has 0 spiro atoms. The molecule has 1 saturated carbocycles. The summed E-state index contributed by atoms with van der Waals surface area (Å²) in [6.07, 6.45) is 5.53. The summed E-state index contributed by atoms with van der Waals surface area (Å²) in [6, 6.07) is 13.8. The van der Waals surface area contributed by atoms with Crippen LogP contribution < -0.4 is 14.4 Å². The Bertz CT molecular complexity index is 1160. The monoisotopic (exact) mass is 529 g/mol. The number of benzene rings is 2. The lowest BCUT2D eigenvalue weighted by Crippen LogP contribution is -2.53. The lowest BCUT2D eigenvalue weighted by atomic mass is 10.1. The van der Waals surface area contributed by atoms with Gasteiger partial charge >= 0.3 is 0 Å². The minimum atomic E-state index is -3.78. The molecule has 3 rings (SSSR count). The van der Waals surface area contributed by atoms with Crippen molar-refractivity contribution < 1.29 is 22.7 Å². The maximum atomic E-state index is 13.8. The van der Waals surface area contributed by atoms with E-state index in [1.165, 1.54) is 4.90 Å². The number of nitrogens with zero attached hydrogens (tertiary/aromatic N) is 2. The van der Waals surface area contributed by atoms with Crippen molar-refractivity contribution in [3.63, 3.8) is 0 Å². The van der Waals surface area contributed by atoms with Gasteiger partial charge in [-0.25, -0.2) is 8.42 Å². The van der Waals surface area contributed by atoms with Crippen LogP contribution >= 0.6 is 0 Å². The van der Waals surface area contributed by atoms with E-state index in [2.05, 4.69) is 5.32 Å². The number of hydrogen-bond donors (Lipinski definition) is 1. The quantitative estimate of drug-likeness (QED) is 0.448. The fourth-order valence-corrected chi connectivity index (χ4v) is 5.63. The molecule has 0 bridgehead atoms. The molecule has 1 aliphatic rings. The summed E-state index contributed by atoms with van der Waals surface area (Å²) < 4.78 is 32.0. The predicted molar refractivity (Wildman–Crippen MR) is 146 cm³/mol. The van der Waals surface area contributed by atoms with Gasteiger partial charge in [-0.15, -0.1) is 0 Å². The molecule has 2 amide bonds. The Balaban J connectivity index is 1.90. The van der Waals surface area contributed by atoms with Gasteiger partial charge in [-0.3, -0.25) is 13.9 Å². The van der Waals surface area contributed by atoms with Gasteiger partial charge < -0.3 is 15.0 Å². The number of amides is 2. The van der Waals surface area contributed by atoms with Gasteiger partial charge in [0.1, 0.15) is 18.3 Å². The van der Waals surface area contributed by atoms with Crippen molar-refractivity contribution in [3.05, 3.63) is 59.7 Å². The number of ether oxygens (including phenoxy) is 1. The number of aryl methyl sites for hydroxylation is 1. The Hall–Kier alpha value is -3.07. The summed E-state index contributed by atoms with van der Waals surface area (Å²) in [5, 5.41) is 3.12. The minimum Gasteiger partial charge on any atom is -0.494 e. The van der Waals surface area contributed by atoms with Gasteiger partial charge in [-0.2, -0.15) is 0 Å². The molecule has 0 aliphatic heterocycles. The Morgan fingerprint density at radius 1 is 1.08 bits per heavy atom. The van der Waals surface area contributed by atoms with Crippen LogP contribution in [-0.2, 0) is 26.2 Å². The number of hydrogen-bond acceptors (Lipinski definition) is 5. The molecule has 0 aromatic heterocycles. The van der Waals surface area contributed by atoms with Gasteiger partial charge in [-0.05, 0) is 62.9 Å². The zero-order chi connectivity index (χ0) is 27.0. The normalized spacial score (nSPS) is 14.7. The van der Waals surface area contributed by atoms with E-state index in [0.29, 0.717) is 24.5 Å². The predicted octanol–water partition coefficient (Wildman–Crippen LogP) is 4.03. The zero-order valence-corrected chi connectivity index (χ0v) is 23.1. The molecule has 9 heteroatoms. The highest BCUT2D eigenvalue weighted by atomic mass is 32.2. The third-order valence-corrected chi connectivity index (χ3v) is 7.78. The molecular formula is C28H39N3O5S. The second-order valence-electron chi connectivity index (χ2n) is 9.62. The number of nitrogens with one attached hydrogen (secondary N) is 1. The van der Waals surface area contributed by atoms with Gasteiger partial charge in [0.15, 0.2) is 0 Å². The van der Waals surface area contributed by atoms with Crippen LogP contribution in [0.3, 0.4) is 0 Å². The van der Waals surface area contributed by atoms with Crippen molar-refractivity contribution in [2.45, 2.75) is 71.5 Å². The number of rotatable bonds is 12. The molecule has 1 N–H and O–H groups in total. The molecule has 0 saturated heterocycles. The van der Waals surface area contributed by atoms with E-state index in [0.717, 1.165) is 47.4 Å². The van der Waals surface area contributed by atoms with Crippen LogP contribution in [0.1, 0.15) is 57.1 Å². The molecule has 1 atom stereocenters. The van der Waals surface area contributed by atoms with Crippen molar-refractivity contribution >= 4 is 27.5 Å². The lowest BCUT2D eigenvalue weighted by Gasteiger charge is -2.33. The van der Waals surface area contributed by atoms with Gasteiger partial charge in [0.2, 0.25) is 21.8 Å². The Kier molecular flexibility index (Phi) is 9.97. The molecule has 2 aromatic rings. The summed E-state index contributed by atoms with van der Waals surface area (Å²) in [4.78, 5) is 28.6. The second kappa shape index (κ2) is 12.9. The van der Waals surface area contributed by atoms with Gasteiger partial charge in [0, 0.05) is 12.6 Å². The molecule has 0 unspecified atom stereocenters. The number of sulfonamides is 1. The molecule has 0 radical (unpaired) electrons. The van der Waals surface area contributed by atoms with Crippen LogP contribution in [0.15, 0.2) is 48.5 Å². The van der Waals surface area contributed by atoms with Crippen molar-refractivity contribution in [2.75, 3.05) is 23.7 Å². The van der Waals surface area contributed by atoms with Crippen LogP contribution in [-0.4, -0.2) is 56.6 Å². The molecular weight excluding hydrogens is 490 g/mol. The molecule has 1 fully saturated rings. The summed E-state index contributed by atoms with van der Waals surface area (Å²) in [5.41, 5.74) is 2.28. The Morgan fingerprint density at radius 2 is 1.76 bits per heavy atom. The van der Waals surface area contributed by atoms with E-state index >= 15 is 0 Å². The highest BCUT2D eigenvalue weighted by Gasteiger charge is 2.33. The summed E-state index contributed by atoms with van der Waals surface area (Å²) in [7, 11) is -3.78. The van der Waals surface area contributed by atoms with Crippen LogP contribution in [0.4, 0.5) is 5.69 Å². The van der Waals surface area contributed by atoms with Gasteiger partial charge in [0.25, 0.3) is 0 Å². The first-order valence-electron chi connectivity index (χ1n) is 13.0. The third kappa shape index (κ3) is 7.95. The molecule has 8 nitrogen and oxygen atoms in total. The van der Waals surface area contributed by atoms with Gasteiger partial charge in [-0.1, -0.05) is 49.6 Å². The molecule has 2 aromatic carbocycles. The number of anilines is 1. The van der Waals surface area contributed by atoms with E-state index < -0.39 is 28.5 Å². The van der Waals surface area contributed by atoms with Crippen molar-refractivity contribution in [3.8, 4) is 5.75 Å². The average molecular weight is 530 g/mol. The Labute approximate surface area is 221 Å². The first-order valence-corrected chi connectivity index (χ1v) is 14.8. The van der Waals surface area contributed by atoms with E-state index in [4.69, 9.17) is 4.74 Å². The zero-order valence-electron chi connectivity index (χ0n) is 22.3. The lowest BCUT2D eigenvalue weighted by molar-refractivity contribution is -0.140. The molecule has 0 heterocycles. The number of carbonyl (C=O) groups excluding carboxylic acids is 2. The van der Waals surface area contributed by atoms with Crippen LogP contribution in [0.25, 0.3) is 0 Å². The molecule has 37 heavy (non-hydrogen) atoms. The summed E-state index contributed by atoms with van der Waals surface area (Å²) in [5.74, 6) is -0.0154. The smallest absolute Gasteiger partial charge is 0.244 e. The van der Waals surface area contributed by atoms with Crippen molar-refractivity contribution in [2.24, 2.45) is 0 Å². The first kappa shape index (κ1) is 28.5. The maximum absolute atomic E-state index is 13.8. The summed E-state index contributed by atoms with van der Waals surface area (Å²) >= 11 is 0. The highest BCUT2D eigenvalue weighted by Crippen LogP contribution is 2.23. The Morgan fingerprint density at radius 3 is 2.32 bits per heavy atom. The third-order valence-electron chi connectivity index (χ3n) is 6.64. The average Bonchev–Trinajstić information content (AvgIpc) is 3.35. The largest absolute Gasteiger partial charge is 0.494 e. The first-order chi connectivity index (χ1) is 17.6. The van der Waals surface area contributed by atoms with E-state index in [-0.39, 0.29) is 18.5 Å². The highest BCUT2D eigenvalue weighted by molar-refractivity contribution is 7.92. The SMILES string of the molecule is CCOc1ccc(N(CC(=O)N(Cc2cccc(C)c2)[C@@H](CC)C(=O)NC2CCCC2)S(C)(=O)=O)cc1. The van der Waals surface area contributed by atoms with E-state index in [1.54, 1.807) is 24.3 Å². The fraction of sp³-hybridized carbons (Fsp3) is 0.500. The molecule has 1 aliphatic carbocycles. The standard InChI is InChI=1S/C28H39N3O5S/c1-5-26(28(33)29-23-12-7-8-13-23)30(19-22-11-9-10-21(3)18-22)27(32)20-31(37(4,34)35)24-14-16-25(17-15-24)36-6-2/h9-11,14-18,23,26H,5-8,12-13,19-20H2,1-4H3,(H,29,33)/t26-/m0/s1. The van der Waals surface area contributed by atoms with Crippen LogP contribution in [0.5, 0.6) is 5.75 Å². The van der Waals surface area contributed by atoms with E-state index in [1.807, 2.05) is 45.0 Å². The van der Waals surface area contributed by atoms with Gasteiger partial charge in [0.05, 0.1) is 18.6 Å². The topological polar surface area (TPSA) is 96.0 Å². The van der Waals surface area contributed by atoms with Crippen molar-refractivity contribution in [1.82, 2.24) is 10.2 Å². The van der Waals surface area contributed by atoms with Crippen molar-refractivity contribution in [1.29, 1.82) is 0 Å². The van der Waals surface area contributed by atoms with E-state index in [9.17, 15) is 18.0 Å². The number of carbonyl (C=O) groups is 2. The van der Waals surface area contributed by atoms with Crippen LogP contribution in [0.2, 0.25) is 0 Å². The fourth-order valence-electron chi connectivity index (χ4n) is 4.78. The second-order valence-corrected chi connectivity index (χ2v) is 11.5. The minimum absolute atomic E-state index is 0.119. The maximum Gasteiger partial charge on any atom is 0.244 e.